The Kier molecular flexibility index (Phi) is 6.56. The summed E-state index contributed by atoms with van der Waals surface area (Å²) in [6.07, 6.45) is 3.92. The number of anilines is 1. The molecule has 0 unspecified atom stereocenters. The van der Waals surface area contributed by atoms with E-state index in [4.69, 9.17) is 4.74 Å². The SMILES string of the molecule is O=C(NC[C@H](c1cccs1)N1CCCC1)Nc1ccc(Oc2ccc(F)cc2)nc1. The van der Waals surface area contributed by atoms with Crippen LogP contribution in [0.3, 0.4) is 0 Å². The van der Waals surface area contributed by atoms with Gasteiger partial charge in [-0.25, -0.2) is 14.2 Å². The molecule has 2 N–H and O–H groups in total. The summed E-state index contributed by atoms with van der Waals surface area (Å²) in [7, 11) is 0. The molecule has 30 heavy (non-hydrogen) atoms. The van der Waals surface area contributed by atoms with Crippen LogP contribution in [-0.2, 0) is 0 Å². The van der Waals surface area contributed by atoms with Gasteiger partial charge in [-0.05, 0) is 67.7 Å². The number of amides is 2. The molecule has 1 fully saturated rings. The predicted octanol–water partition coefficient (Wildman–Crippen LogP) is 5.03. The predicted molar refractivity (Wildman–Crippen MR) is 116 cm³/mol. The fourth-order valence-electron chi connectivity index (χ4n) is 3.45. The zero-order valence-corrected chi connectivity index (χ0v) is 17.2. The number of carbonyl (C=O) groups excluding carboxylic acids is 1. The first kappa shape index (κ1) is 20.3. The summed E-state index contributed by atoms with van der Waals surface area (Å²) in [5, 5.41) is 7.84. The Morgan fingerprint density at radius 1 is 1.17 bits per heavy atom. The standard InChI is InChI=1S/C22H23FN4O2S/c23-16-5-8-18(9-6-16)29-21-10-7-17(14-24-21)26-22(28)25-15-19(20-4-3-13-30-20)27-11-1-2-12-27/h3-10,13-14,19H,1-2,11-12,15H2,(H2,25,26,28)/t19-/m1/s1. The van der Waals surface area contributed by atoms with E-state index in [0.717, 1.165) is 13.1 Å². The van der Waals surface area contributed by atoms with Crippen LogP contribution in [0.25, 0.3) is 0 Å². The van der Waals surface area contributed by atoms with Gasteiger partial charge in [0.25, 0.3) is 0 Å². The molecule has 1 aliphatic heterocycles. The third kappa shape index (κ3) is 5.34. The van der Waals surface area contributed by atoms with E-state index in [9.17, 15) is 9.18 Å². The summed E-state index contributed by atoms with van der Waals surface area (Å²) in [4.78, 5) is 20.3. The number of hydrogen-bond acceptors (Lipinski definition) is 5. The molecule has 0 radical (unpaired) electrons. The van der Waals surface area contributed by atoms with Crippen molar-refractivity contribution >= 4 is 23.1 Å². The van der Waals surface area contributed by atoms with Crippen LogP contribution in [0.2, 0.25) is 0 Å². The van der Waals surface area contributed by atoms with Crippen molar-refractivity contribution < 1.29 is 13.9 Å². The smallest absolute Gasteiger partial charge is 0.319 e. The maximum absolute atomic E-state index is 13.0. The van der Waals surface area contributed by atoms with Crippen molar-refractivity contribution in [2.24, 2.45) is 0 Å². The Hall–Kier alpha value is -2.97. The van der Waals surface area contributed by atoms with Gasteiger partial charge in [0.15, 0.2) is 0 Å². The van der Waals surface area contributed by atoms with Gasteiger partial charge in [0.05, 0.1) is 17.9 Å². The van der Waals surface area contributed by atoms with E-state index in [-0.39, 0.29) is 17.9 Å². The van der Waals surface area contributed by atoms with E-state index >= 15 is 0 Å². The van der Waals surface area contributed by atoms with Crippen LogP contribution in [0.4, 0.5) is 14.9 Å². The monoisotopic (exact) mass is 426 g/mol. The lowest BCUT2D eigenvalue weighted by Crippen LogP contribution is -2.38. The molecule has 3 heterocycles. The molecule has 1 aliphatic rings. The first-order chi connectivity index (χ1) is 14.7. The molecule has 0 bridgehead atoms. The molecule has 8 heteroatoms. The highest BCUT2D eigenvalue weighted by Gasteiger charge is 2.24. The molecule has 6 nitrogen and oxygen atoms in total. The van der Waals surface area contributed by atoms with Gasteiger partial charge in [-0.15, -0.1) is 11.3 Å². The van der Waals surface area contributed by atoms with Gasteiger partial charge in [0.2, 0.25) is 5.88 Å². The first-order valence-corrected chi connectivity index (χ1v) is 10.8. The summed E-state index contributed by atoms with van der Waals surface area (Å²) in [5.74, 6) is 0.523. The summed E-state index contributed by atoms with van der Waals surface area (Å²) in [6.45, 7) is 2.67. The fourth-order valence-corrected chi connectivity index (χ4v) is 4.31. The normalized spacial score (nSPS) is 15.0. The first-order valence-electron chi connectivity index (χ1n) is 9.89. The highest BCUT2D eigenvalue weighted by Crippen LogP contribution is 2.28. The minimum atomic E-state index is -0.327. The van der Waals surface area contributed by atoms with Crippen molar-refractivity contribution in [3.63, 3.8) is 0 Å². The fraction of sp³-hybridized carbons (Fsp3) is 0.273. The van der Waals surface area contributed by atoms with Crippen molar-refractivity contribution in [1.29, 1.82) is 0 Å². The van der Waals surface area contributed by atoms with Crippen molar-refractivity contribution in [1.82, 2.24) is 15.2 Å². The molecule has 1 atom stereocenters. The number of halogens is 1. The number of ether oxygens (including phenoxy) is 1. The number of nitrogens with one attached hydrogen (secondary N) is 2. The van der Waals surface area contributed by atoms with E-state index in [0.29, 0.717) is 23.9 Å². The number of carbonyl (C=O) groups is 1. The van der Waals surface area contributed by atoms with Gasteiger partial charge in [-0.3, -0.25) is 4.90 Å². The molecular weight excluding hydrogens is 403 g/mol. The number of benzene rings is 1. The molecule has 156 valence electrons. The number of rotatable bonds is 7. The van der Waals surface area contributed by atoms with Gasteiger partial charge >= 0.3 is 6.03 Å². The minimum Gasteiger partial charge on any atom is -0.439 e. The number of thiophene rings is 1. The molecular formula is C22H23FN4O2S. The molecule has 4 rings (SSSR count). The van der Waals surface area contributed by atoms with Crippen LogP contribution in [0.1, 0.15) is 23.8 Å². The number of likely N-dealkylation sites (tertiary alicyclic amines) is 1. The van der Waals surface area contributed by atoms with Gasteiger partial charge in [0.1, 0.15) is 11.6 Å². The summed E-state index contributed by atoms with van der Waals surface area (Å²) in [6, 6.07) is 13.2. The Morgan fingerprint density at radius 2 is 1.97 bits per heavy atom. The number of pyridine rings is 1. The molecule has 2 amide bonds. The van der Waals surface area contributed by atoms with Crippen molar-refractivity contribution in [2.75, 3.05) is 25.0 Å². The lowest BCUT2D eigenvalue weighted by Gasteiger charge is -2.26. The van der Waals surface area contributed by atoms with Gasteiger partial charge < -0.3 is 15.4 Å². The van der Waals surface area contributed by atoms with E-state index in [1.54, 1.807) is 23.5 Å². The maximum Gasteiger partial charge on any atom is 0.319 e. The summed E-state index contributed by atoms with van der Waals surface area (Å²) < 4.78 is 18.5. The van der Waals surface area contributed by atoms with Crippen LogP contribution in [0.15, 0.2) is 60.1 Å². The molecule has 1 saturated heterocycles. The Balaban J connectivity index is 1.30. The lowest BCUT2D eigenvalue weighted by atomic mass is 10.2. The van der Waals surface area contributed by atoms with Gasteiger partial charge in [0, 0.05) is 17.5 Å². The number of nitrogens with zero attached hydrogens (tertiary/aromatic N) is 2. The number of aromatic nitrogens is 1. The van der Waals surface area contributed by atoms with Gasteiger partial charge in [-0.2, -0.15) is 0 Å². The quantitative estimate of drug-likeness (QED) is 0.556. The highest BCUT2D eigenvalue weighted by molar-refractivity contribution is 7.10. The summed E-state index contributed by atoms with van der Waals surface area (Å²) in [5.41, 5.74) is 0.563. The lowest BCUT2D eigenvalue weighted by molar-refractivity contribution is 0.229. The van der Waals surface area contributed by atoms with E-state index in [2.05, 4.69) is 32.0 Å². The zero-order valence-electron chi connectivity index (χ0n) is 16.4. The second-order valence-corrected chi connectivity index (χ2v) is 8.03. The van der Waals surface area contributed by atoms with Crippen LogP contribution >= 0.6 is 11.3 Å². The Morgan fingerprint density at radius 3 is 2.63 bits per heavy atom. The van der Waals surface area contributed by atoms with Crippen LogP contribution in [0.5, 0.6) is 11.6 Å². The molecule has 0 saturated carbocycles. The van der Waals surface area contributed by atoms with Crippen LogP contribution in [0, 0.1) is 5.82 Å². The van der Waals surface area contributed by atoms with Crippen molar-refractivity contribution in [2.45, 2.75) is 18.9 Å². The third-order valence-electron chi connectivity index (χ3n) is 4.94. The van der Waals surface area contributed by atoms with E-state index in [1.165, 1.54) is 48.2 Å². The summed E-state index contributed by atoms with van der Waals surface area (Å²) >= 11 is 1.72. The zero-order chi connectivity index (χ0) is 20.8. The van der Waals surface area contributed by atoms with Crippen molar-refractivity contribution in [3.8, 4) is 11.6 Å². The van der Waals surface area contributed by atoms with Crippen LogP contribution < -0.4 is 15.4 Å². The minimum absolute atomic E-state index is 0.197. The number of urea groups is 1. The Bertz CT molecular complexity index is 942. The second-order valence-electron chi connectivity index (χ2n) is 7.05. The van der Waals surface area contributed by atoms with Crippen LogP contribution in [-0.4, -0.2) is 35.5 Å². The third-order valence-corrected chi connectivity index (χ3v) is 5.91. The maximum atomic E-state index is 13.0. The second kappa shape index (κ2) is 9.69. The van der Waals surface area contributed by atoms with E-state index < -0.39 is 0 Å². The average Bonchev–Trinajstić information content (AvgIpc) is 3.46. The highest BCUT2D eigenvalue weighted by atomic mass is 32.1. The molecule has 0 spiro atoms. The Labute approximate surface area is 178 Å². The number of hydrogen-bond donors (Lipinski definition) is 2. The largest absolute Gasteiger partial charge is 0.439 e. The van der Waals surface area contributed by atoms with E-state index in [1.807, 2.05) is 6.07 Å². The van der Waals surface area contributed by atoms with Gasteiger partial charge in [-0.1, -0.05) is 6.07 Å². The molecule has 2 aromatic heterocycles. The molecule has 0 aliphatic carbocycles. The molecule has 1 aromatic carbocycles. The topological polar surface area (TPSA) is 66.5 Å². The van der Waals surface area contributed by atoms with Crippen molar-refractivity contribution in [3.05, 3.63) is 70.8 Å². The average molecular weight is 427 g/mol. The molecule has 3 aromatic rings.